The van der Waals surface area contributed by atoms with Gasteiger partial charge in [0.05, 0.1) is 5.69 Å². The van der Waals surface area contributed by atoms with Gasteiger partial charge in [-0.15, -0.1) is 0 Å². The van der Waals surface area contributed by atoms with Crippen LogP contribution in [0.25, 0.3) is 0 Å². The van der Waals surface area contributed by atoms with E-state index in [4.69, 9.17) is 5.73 Å². The number of carbonyl (C=O) groups is 1. The van der Waals surface area contributed by atoms with Crippen LogP contribution in [0.5, 0.6) is 0 Å². The molecule has 1 rings (SSSR count). The van der Waals surface area contributed by atoms with Crippen molar-refractivity contribution in [1.29, 1.82) is 0 Å². The van der Waals surface area contributed by atoms with E-state index in [1.807, 2.05) is 22.6 Å². The van der Waals surface area contributed by atoms with Crippen molar-refractivity contribution >= 4 is 34.2 Å². The first kappa shape index (κ1) is 16.4. The molecule has 1 atom stereocenters. The Bertz CT molecular complexity index is 437. The SMILES string of the molecule is CC(C)CC(CN)CC(=O)Nc1ccc(F)cc1I. The number of anilines is 1. The zero-order chi connectivity index (χ0) is 14.4. The third-order valence-electron chi connectivity index (χ3n) is 2.82. The standard InChI is InChI=1S/C14H20FIN2O/c1-9(2)5-10(8-17)6-14(19)18-13-4-3-11(15)7-12(13)16/h3-4,7,9-10H,5-6,8,17H2,1-2H3,(H,18,19). The molecule has 0 saturated heterocycles. The topological polar surface area (TPSA) is 55.1 Å². The second-order valence-corrected chi connectivity index (χ2v) is 6.27. The van der Waals surface area contributed by atoms with Gasteiger partial charge in [0.25, 0.3) is 0 Å². The Morgan fingerprint density at radius 1 is 1.47 bits per heavy atom. The zero-order valence-electron chi connectivity index (χ0n) is 11.2. The Kier molecular flexibility index (Phi) is 6.71. The molecule has 1 aromatic carbocycles. The van der Waals surface area contributed by atoms with Crippen molar-refractivity contribution in [2.45, 2.75) is 26.7 Å². The van der Waals surface area contributed by atoms with Gasteiger partial charge in [0.15, 0.2) is 0 Å². The molecule has 0 saturated carbocycles. The van der Waals surface area contributed by atoms with Gasteiger partial charge in [-0.05, 0) is 65.6 Å². The summed E-state index contributed by atoms with van der Waals surface area (Å²) in [6, 6.07) is 4.31. The fraction of sp³-hybridized carbons (Fsp3) is 0.500. The van der Waals surface area contributed by atoms with Gasteiger partial charge in [-0.2, -0.15) is 0 Å². The van der Waals surface area contributed by atoms with Gasteiger partial charge in [0.2, 0.25) is 5.91 Å². The highest BCUT2D eigenvalue weighted by atomic mass is 127. The molecule has 19 heavy (non-hydrogen) atoms. The van der Waals surface area contributed by atoms with Crippen molar-refractivity contribution in [3.8, 4) is 0 Å². The number of benzene rings is 1. The minimum atomic E-state index is -0.304. The van der Waals surface area contributed by atoms with E-state index in [1.165, 1.54) is 12.1 Å². The summed E-state index contributed by atoms with van der Waals surface area (Å²) in [6.45, 7) is 4.74. The molecule has 0 fully saturated rings. The lowest BCUT2D eigenvalue weighted by Crippen LogP contribution is -2.23. The van der Waals surface area contributed by atoms with Crippen LogP contribution in [0.3, 0.4) is 0 Å². The highest BCUT2D eigenvalue weighted by molar-refractivity contribution is 14.1. The molecule has 0 spiro atoms. The van der Waals surface area contributed by atoms with Crippen LogP contribution in [0.2, 0.25) is 0 Å². The van der Waals surface area contributed by atoms with E-state index in [2.05, 4.69) is 19.2 Å². The maximum atomic E-state index is 13.0. The summed E-state index contributed by atoms with van der Waals surface area (Å²) in [5.74, 6) is 0.341. The Morgan fingerprint density at radius 3 is 2.68 bits per heavy atom. The fourth-order valence-corrected chi connectivity index (χ4v) is 2.60. The summed E-state index contributed by atoms with van der Waals surface area (Å²) in [5.41, 5.74) is 6.33. The monoisotopic (exact) mass is 378 g/mol. The highest BCUT2D eigenvalue weighted by Crippen LogP contribution is 2.20. The molecule has 0 bridgehead atoms. The predicted octanol–water partition coefficient (Wildman–Crippen LogP) is 3.38. The fourth-order valence-electron chi connectivity index (χ4n) is 1.98. The summed E-state index contributed by atoms with van der Waals surface area (Å²) < 4.78 is 13.7. The van der Waals surface area contributed by atoms with E-state index in [0.717, 1.165) is 6.42 Å². The van der Waals surface area contributed by atoms with Crippen molar-refractivity contribution < 1.29 is 9.18 Å². The number of hydrogen-bond acceptors (Lipinski definition) is 2. The lowest BCUT2D eigenvalue weighted by atomic mass is 9.94. The van der Waals surface area contributed by atoms with Crippen LogP contribution in [-0.2, 0) is 4.79 Å². The molecular formula is C14H20FIN2O. The molecule has 0 radical (unpaired) electrons. The Labute approximate surface area is 127 Å². The van der Waals surface area contributed by atoms with Gasteiger partial charge in [-0.25, -0.2) is 4.39 Å². The second kappa shape index (κ2) is 7.79. The molecule has 0 aliphatic carbocycles. The average Bonchev–Trinajstić information content (AvgIpc) is 2.31. The van der Waals surface area contributed by atoms with Crippen LogP contribution in [-0.4, -0.2) is 12.5 Å². The molecule has 0 aliphatic rings. The first-order valence-electron chi connectivity index (χ1n) is 6.37. The van der Waals surface area contributed by atoms with E-state index in [9.17, 15) is 9.18 Å². The molecule has 106 valence electrons. The molecule has 3 nitrogen and oxygen atoms in total. The van der Waals surface area contributed by atoms with Crippen LogP contribution in [0.1, 0.15) is 26.7 Å². The number of nitrogens with two attached hydrogens (primary N) is 1. The summed E-state index contributed by atoms with van der Waals surface area (Å²) in [5, 5.41) is 2.81. The number of amides is 1. The van der Waals surface area contributed by atoms with Crippen molar-refractivity contribution in [3.05, 3.63) is 27.6 Å². The van der Waals surface area contributed by atoms with Crippen molar-refractivity contribution in [2.24, 2.45) is 17.6 Å². The van der Waals surface area contributed by atoms with Crippen LogP contribution in [0.4, 0.5) is 10.1 Å². The van der Waals surface area contributed by atoms with Crippen LogP contribution in [0, 0.1) is 21.2 Å². The molecule has 0 heterocycles. The third kappa shape index (κ3) is 5.86. The molecule has 5 heteroatoms. The summed E-state index contributed by atoms with van der Waals surface area (Å²) >= 11 is 2.00. The van der Waals surface area contributed by atoms with Gasteiger partial charge < -0.3 is 11.1 Å². The molecule has 1 aromatic rings. The van der Waals surface area contributed by atoms with Crippen molar-refractivity contribution in [2.75, 3.05) is 11.9 Å². The first-order valence-corrected chi connectivity index (χ1v) is 7.45. The molecule has 0 aromatic heterocycles. The number of halogens is 2. The maximum absolute atomic E-state index is 13.0. The minimum absolute atomic E-state index is 0.0689. The maximum Gasteiger partial charge on any atom is 0.224 e. The lowest BCUT2D eigenvalue weighted by molar-refractivity contribution is -0.117. The quantitative estimate of drug-likeness (QED) is 0.746. The van der Waals surface area contributed by atoms with Gasteiger partial charge >= 0.3 is 0 Å². The number of rotatable bonds is 6. The van der Waals surface area contributed by atoms with Crippen molar-refractivity contribution in [3.63, 3.8) is 0 Å². The molecular weight excluding hydrogens is 358 g/mol. The first-order chi connectivity index (χ1) is 8.92. The van der Waals surface area contributed by atoms with E-state index in [0.29, 0.717) is 28.1 Å². The van der Waals surface area contributed by atoms with E-state index in [1.54, 1.807) is 6.07 Å². The number of carbonyl (C=O) groups excluding carboxylic acids is 1. The van der Waals surface area contributed by atoms with Gasteiger partial charge in [-0.3, -0.25) is 4.79 Å². The summed E-state index contributed by atoms with van der Waals surface area (Å²) in [6.07, 6.45) is 1.34. The Morgan fingerprint density at radius 2 is 2.16 bits per heavy atom. The number of hydrogen-bond donors (Lipinski definition) is 2. The third-order valence-corrected chi connectivity index (χ3v) is 3.71. The number of nitrogens with one attached hydrogen (secondary N) is 1. The summed E-state index contributed by atoms with van der Waals surface area (Å²) in [4.78, 5) is 11.9. The molecule has 1 unspecified atom stereocenters. The molecule has 0 aliphatic heterocycles. The van der Waals surface area contributed by atoms with Crippen LogP contribution >= 0.6 is 22.6 Å². The molecule has 3 N–H and O–H groups in total. The van der Waals surface area contributed by atoms with E-state index in [-0.39, 0.29) is 17.6 Å². The van der Waals surface area contributed by atoms with Gasteiger partial charge in [-0.1, -0.05) is 13.8 Å². The van der Waals surface area contributed by atoms with Crippen LogP contribution < -0.4 is 11.1 Å². The largest absolute Gasteiger partial charge is 0.330 e. The zero-order valence-corrected chi connectivity index (χ0v) is 13.4. The van der Waals surface area contributed by atoms with E-state index < -0.39 is 0 Å². The van der Waals surface area contributed by atoms with Crippen molar-refractivity contribution in [1.82, 2.24) is 0 Å². The average molecular weight is 378 g/mol. The van der Waals surface area contributed by atoms with E-state index >= 15 is 0 Å². The Hall–Kier alpha value is -0.690. The predicted molar refractivity (Wildman–Crippen MR) is 84.4 cm³/mol. The Balaban J connectivity index is 2.59. The summed E-state index contributed by atoms with van der Waals surface area (Å²) in [7, 11) is 0. The lowest BCUT2D eigenvalue weighted by Gasteiger charge is -2.17. The smallest absolute Gasteiger partial charge is 0.224 e. The van der Waals surface area contributed by atoms with Gasteiger partial charge in [0.1, 0.15) is 5.82 Å². The minimum Gasteiger partial charge on any atom is -0.330 e. The molecule has 1 amide bonds. The van der Waals surface area contributed by atoms with Crippen LogP contribution in [0.15, 0.2) is 18.2 Å². The normalized spacial score (nSPS) is 12.5. The second-order valence-electron chi connectivity index (χ2n) is 5.11. The van der Waals surface area contributed by atoms with Gasteiger partial charge in [0, 0.05) is 9.99 Å². The highest BCUT2D eigenvalue weighted by Gasteiger charge is 2.15.